The summed E-state index contributed by atoms with van der Waals surface area (Å²) in [4.78, 5) is 45.5. The van der Waals surface area contributed by atoms with Gasteiger partial charge in [-0.25, -0.2) is 0 Å². The van der Waals surface area contributed by atoms with Crippen LogP contribution in [0.2, 0.25) is 0 Å². The highest BCUT2D eigenvalue weighted by atomic mass is 16.5. The van der Waals surface area contributed by atoms with Crippen molar-refractivity contribution in [3.8, 4) is 11.5 Å². The van der Waals surface area contributed by atoms with Crippen LogP contribution in [0, 0.1) is 0 Å². The number of carbonyl (C=O) groups is 3. The Balaban J connectivity index is 1.10. The first-order valence-corrected chi connectivity index (χ1v) is 26.7. The van der Waals surface area contributed by atoms with Crippen molar-refractivity contribution in [1.82, 2.24) is 9.80 Å². The topological polar surface area (TPSA) is 85.4 Å². The van der Waals surface area contributed by atoms with E-state index < -0.39 is 0 Å². The van der Waals surface area contributed by atoms with Gasteiger partial charge < -0.3 is 24.0 Å². The molecule has 4 aliphatic rings. The van der Waals surface area contributed by atoms with Crippen molar-refractivity contribution in [2.75, 3.05) is 13.2 Å². The average Bonchev–Trinajstić information content (AvgIpc) is 3.31. The number of hydrogen-bond acceptors (Lipinski definition) is 6. The quantitative estimate of drug-likeness (QED) is 0.0589. The van der Waals surface area contributed by atoms with Gasteiger partial charge in [-0.3, -0.25) is 14.4 Å². The first kappa shape index (κ1) is 50.2. The molecule has 62 heavy (non-hydrogen) atoms. The fourth-order valence-electron chi connectivity index (χ4n) is 11.2. The minimum Gasteiger partial charge on any atom is -0.480 e. The number of amides is 2. The molecule has 2 amide bonds. The second-order valence-electron chi connectivity index (χ2n) is 19.8. The summed E-state index contributed by atoms with van der Waals surface area (Å²) in [6, 6.07) is 6.71. The first-order valence-electron chi connectivity index (χ1n) is 26.7. The maximum atomic E-state index is 14.2. The minimum absolute atomic E-state index is 0.0437. The number of esters is 1. The molecule has 1 aromatic rings. The number of carbonyl (C=O) groups excluding carboxylic acids is 3. The molecule has 0 saturated heterocycles. The molecule has 0 aromatic heterocycles. The van der Waals surface area contributed by atoms with Crippen LogP contribution in [0.1, 0.15) is 250 Å². The summed E-state index contributed by atoms with van der Waals surface area (Å²) >= 11 is 0. The van der Waals surface area contributed by atoms with Gasteiger partial charge in [0.2, 0.25) is 0 Å². The number of benzene rings is 1. The zero-order valence-electron chi connectivity index (χ0n) is 39.7. The van der Waals surface area contributed by atoms with Gasteiger partial charge in [0.05, 0.1) is 0 Å². The first-order chi connectivity index (χ1) is 30.5. The van der Waals surface area contributed by atoms with E-state index in [-0.39, 0.29) is 61.8 Å². The van der Waals surface area contributed by atoms with E-state index in [4.69, 9.17) is 14.2 Å². The molecule has 0 unspecified atom stereocenters. The second kappa shape index (κ2) is 30.4. The molecule has 0 atom stereocenters. The van der Waals surface area contributed by atoms with Crippen LogP contribution in [0.5, 0.6) is 11.5 Å². The Kier molecular flexibility index (Phi) is 24.6. The van der Waals surface area contributed by atoms with Gasteiger partial charge in [0.25, 0.3) is 11.8 Å². The lowest BCUT2D eigenvalue weighted by atomic mass is 9.88. The zero-order valence-corrected chi connectivity index (χ0v) is 39.7. The number of nitrogens with zero attached hydrogens (tertiary/aromatic N) is 2. The molecule has 8 nitrogen and oxygen atoms in total. The van der Waals surface area contributed by atoms with Crippen LogP contribution in [0.4, 0.5) is 0 Å². The number of unbranched alkanes of at least 4 members (excludes halogenated alkanes) is 15. The predicted octanol–water partition coefficient (Wildman–Crippen LogP) is 14.1. The van der Waals surface area contributed by atoms with Crippen molar-refractivity contribution >= 4 is 17.8 Å². The average molecular weight is 863 g/mol. The van der Waals surface area contributed by atoms with Crippen molar-refractivity contribution in [2.45, 2.75) is 275 Å². The molecule has 1 aromatic carbocycles. The highest BCUT2D eigenvalue weighted by molar-refractivity contribution is 5.79. The summed E-state index contributed by atoms with van der Waals surface area (Å²) in [5.41, 5.74) is 0.786. The van der Waals surface area contributed by atoms with E-state index in [1.165, 1.54) is 167 Å². The molecule has 0 heterocycles. The lowest BCUT2D eigenvalue weighted by molar-refractivity contribution is -0.145. The van der Waals surface area contributed by atoms with Crippen LogP contribution in [-0.4, -0.2) is 65.0 Å². The van der Waals surface area contributed by atoms with Gasteiger partial charge in [0.1, 0.15) is 6.61 Å². The molecule has 4 saturated carbocycles. The molecule has 352 valence electrons. The maximum Gasteiger partial charge on any atom is 0.306 e. The Morgan fingerprint density at radius 1 is 0.468 bits per heavy atom. The molecular weight excluding hydrogens is 773 g/mol. The molecule has 0 bridgehead atoms. The Bertz CT molecular complexity index is 1340. The third-order valence-corrected chi connectivity index (χ3v) is 14.8. The lowest BCUT2D eigenvalue weighted by Crippen LogP contribution is -2.50. The zero-order chi connectivity index (χ0) is 43.5. The molecular formula is C54H90N2O6. The fourth-order valence-corrected chi connectivity index (χ4v) is 11.2. The van der Waals surface area contributed by atoms with Crippen LogP contribution < -0.4 is 9.47 Å². The largest absolute Gasteiger partial charge is 0.480 e. The molecule has 4 aliphatic carbocycles. The molecule has 5 rings (SSSR count). The van der Waals surface area contributed by atoms with Crippen LogP contribution in [-0.2, 0) is 25.7 Å². The predicted molar refractivity (Wildman–Crippen MR) is 253 cm³/mol. The Labute approximate surface area is 378 Å². The van der Waals surface area contributed by atoms with E-state index in [2.05, 4.69) is 16.7 Å². The molecule has 0 radical (unpaired) electrons. The Hall–Kier alpha value is -2.77. The van der Waals surface area contributed by atoms with Gasteiger partial charge in [-0.05, 0) is 75.5 Å². The van der Waals surface area contributed by atoms with E-state index in [1.54, 1.807) is 0 Å². The Morgan fingerprint density at radius 2 is 0.823 bits per heavy atom. The van der Waals surface area contributed by atoms with Crippen molar-refractivity contribution in [3.63, 3.8) is 0 Å². The van der Waals surface area contributed by atoms with Crippen molar-refractivity contribution in [2.24, 2.45) is 0 Å². The maximum absolute atomic E-state index is 14.2. The van der Waals surface area contributed by atoms with Gasteiger partial charge in [-0.2, -0.15) is 0 Å². The third-order valence-electron chi connectivity index (χ3n) is 14.8. The highest BCUT2D eigenvalue weighted by Gasteiger charge is 2.34. The Morgan fingerprint density at radius 3 is 1.21 bits per heavy atom. The molecule has 0 N–H and O–H groups in total. The molecule has 0 spiro atoms. The monoisotopic (exact) mass is 863 g/mol. The standard InChI is InChI=1S/C54H90N2O6/c1-2-3-4-5-6-7-8-9-10-11-12-13-14-15-16-29-38-54(59)62-42-45-39-40-50(60-43-52(57)55(46-30-21-17-22-31-46)47-32-23-18-24-33-47)51(41-45)61-44-53(58)56(48-34-25-19-26-35-48)49-36-27-20-28-37-49/h39-41,46-49H,2-38,42-44H2,1H3. The van der Waals surface area contributed by atoms with E-state index in [1.807, 2.05) is 18.2 Å². The molecule has 4 fully saturated rings. The molecule has 0 aliphatic heterocycles. The van der Waals surface area contributed by atoms with Crippen LogP contribution in [0.15, 0.2) is 18.2 Å². The van der Waals surface area contributed by atoms with Gasteiger partial charge in [0.15, 0.2) is 24.7 Å². The smallest absolute Gasteiger partial charge is 0.306 e. The van der Waals surface area contributed by atoms with E-state index in [0.717, 1.165) is 69.8 Å². The van der Waals surface area contributed by atoms with Crippen LogP contribution in [0.25, 0.3) is 0 Å². The summed E-state index contributed by atoms with van der Waals surface area (Å²) in [6.07, 6.45) is 44.2. The lowest BCUT2D eigenvalue weighted by Gasteiger charge is -2.42. The summed E-state index contributed by atoms with van der Waals surface area (Å²) < 4.78 is 18.5. The SMILES string of the molecule is CCCCCCCCCCCCCCCCCCC(=O)OCc1ccc(OCC(=O)N(C2CCCCC2)C2CCCCC2)c(OCC(=O)N(C2CCCCC2)C2CCCCC2)c1. The second-order valence-corrected chi connectivity index (χ2v) is 19.8. The number of rotatable bonds is 29. The minimum atomic E-state index is -0.181. The van der Waals surface area contributed by atoms with Gasteiger partial charge in [-0.15, -0.1) is 0 Å². The van der Waals surface area contributed by atoms with Crippen LogP contribution in [0.3, 0.4) is 0 Å². The summed E-state index contributed by atoms with van der Waals surface area (Å²) in [5, 5.41) is 0. The molecule has 8 heteroatoms. The van der Waals surface area contributed by atoms with Crippen LogP contribution >= 0.6 is 0 Å². The van der Waals surface area contributed by atoms with E-state index >= 15 is 0 Å². The van der Waals surface area contributed by atoms with Gasteiger partial charge >= 0.3 is 5.97 Å². The fraction of sp³-hybridized carbons (Fsp3) is 0.833. The van der Waals surface area contributed by atoms with Gasteiger partial charge in [-0.1, -0.05) is 186 Å². The van der Waals surface area contributed by atoms with E-state index in [9.17, 15) is 14.4 Å². The summed E-state index contributed by atoms with van der Waals surface area (Å²) in [7, 11) is 0. The summed E-state index contributed by atoms with van der Waals surface area (Å²) in [6.45, 7) is 2.29. The van der Waals surface area contributed by atoms with Crippen molar-refractivity contribution in [3.05, 3.63) is 23.8 Å². The van der Waals surface area contributed by atoms with E-state index in [0.29, 0.717) is 17.9 Å². The van der Waals surface area contributed by atoms with Crippen molar-refractivity contribution < 1.29 is 28.6 Å². The highest BCUT2D eigenvalue weighted by Crippen LogP contribution is 2.34. The van der Waals surface area contributed by atoms with Gasteiger partial charge in [0, 0.05) is 30.6 Å². The third kappa shape index (κ3) is 18.4. The van der Waals surface area contributed by atoms with Crippen molar-refractivity contribution in [1.29, 1.82) is 0 Å². The summed E-state index contributed by atoms with van der Waals surface area (Å²) in [5.74, 6) is 0.816. The normalized spacial score (nSPS) is 18.3. The number of ether oxygens (including phenoxy) is 3. The number of hydrogen-bond donors (Lipinski definition) is 0.